The van der Waals surface area contributed by atoms with E-state index in [1.807, 2.05) is 13.8 Å². The van der Waals surface area contributed by atoms with Gasteiger partial charge in [0.25, 0.3) is 0 Å². The van der Waals surface area contributed by atoms with Gasteiger partial charge in [-0.15, -0.1) is 0 Å². The second-order valence-corrected chi connectivity index (χ2v) is 7.25. The van der Waals surface area contributed by atoms with Gasteiger partial charge in [0, 0.05) is 20.3 Å². The molecule has 0 bridgehead atoms. The number of rotatable bonds is 7. The molecule has 0 unspecified atom stereocenters. The molecule has 1 rings (SSSR count). The molecule has 0 aliphatic carbocycles. The van der Waals surface area contributed by atoms with Crippen molar-refractivity contribution in [3.8, 4) is 6.07 Å². The largest absolute Gasteiger partial charge is 0.385 e. The summed E-state index contributed by atoms with van der Waals surface area (Å²) in [6.07, 6.45) is 0.693. The number of methoxy groups -OCH3 is 1. The number of ether oxygens (including phenoxy) is 1. The third kappa shape index (κ3) is 5.08. The first-order valence-corrected chi connectivity index (χ1v) is 7.88. The van der Waals surface area contributed by atoms with Crippen LogP contribution in [-0.4, -0.2) is 28.7 Å². The highest BCUT2D eigenvalue weighted by Gasteiger charge is 2.22. The van der Waals surface area contributed by atoms with Crippen LogP contribution in [-0.2, 0) is 14.8 Å². The van der Waals surface area contributed by atoms with Gasteiger partial charge in [-0.1, -0.05) is 13.8 Å². The highest BCUT2D eigenvalue weighted by atomic mass is 32.2. The molecule has 0 radical (unpaired) electrons. The summed E-state index contributed by atoms with van der Waals surface area (Å²) in [5.41, 5.74) is -0.572. The summed E-state index contributed by atoms with van der Waals surface area (Å²) in [5, 5.41) is 8.75. The fourth-order valence-electron chi connectivity index (χ4n) is 1.60. The first-order chi connectivity index (χ1) is 9.72. The number of nitriles is 1. The first kappa shape index (κ1) is 17.6. The summed E-state index contributed by atoms with van der Waals surface area (Å²) in [7, 11) is -2.19. The van der Waals surface area contributed by atoms with E-state index in [-0.39, 0.29) is 22.4 Å². The molecule has 0 atom stereocenters. The Bertz CT molecular complexity index is 636. The Kier molecular flexibility index (Phi) is 5.84. The van der Waals surface area contributed by atoms with Crippen LogP contribution >= 0.6 is 0 Å². The second-order valence-electron chi connectivity index (χ2n) is 5.49. The van der Waals surface area contributed by atoms with Crippen molar-refractivity contribution in [2.75, 3.05) is 20.3 Å². The van der Waals surface area contributed by atoms with Gasteiger partial charge in [0.1, 0.15) is 11.9 Å². The molecule has 0 aromatic heterocycles. The molecule has 7 heteroatoms. The number of halogens is 1. The Morgan fingerprint density at radius 1 is 1.43 bits per heavy atom. The van der Waals surface area contributed by atoms with Gasteiger partial charge >= 0.3 is 0 Å². The molecule has 0 fully saturated rings. The highest BCUT2D eigenvalue weighted by molar-refractivity contribution is 7.89. The van der Waals surface area contributed by atoms with Gasteiger partial charge in [0.2, 0.25) is 10.0 Å². The molecule has 0 heterocycles. The predicted molar refractivity (Wildman–Crippen MR) is 76.6 cm³/mol. The summed E-state index contributed by atoms with van der Waals surface area (Å²) in [6, 6.07) is 4.77. The Morgan fingerprint density at radius 2 is 2.10 bits per heavy atom. The quantitative estimate of drug-likeness (QED) is 0.835. The van der Waals surface area contributed by atoms with Gasteiger partial charge in [-0.3, -0.25) is 0 Å². The van der Waals surface area contributed by atoms with E-state index < -0.39 is 15.8 Å². The molecule has 5 nitrogen and oxygen atoms in total. The van der Waals surface area contributed by atoms with Gasteiger partial charge < -0.3 is 4.74 Å². The van der Waals surface area contributed by atoms with Gasteiger partial charge in [-0.2, -0.15) is 5.26 Å². The van der Waals surface area contributed by atoms with Crippen molar-refractivity contribution < 1.29 is 17.5 Å². The van der Waals surface area contributed by atoms with Gasteiger partial charge in [0.15, 0.2) is 0 Å². The van der Waals surface area contributed by atoms with Crippen LogP contribution in [0.25, 0.3) is 0 Å². The number of nitrogens with zero attached hydrogens (tertiary/aromatic N) is 1. The molecule has 1 N–H and O–H groups in total. The maximum absolute atomic E-state index is 13.2. The molecule has 0 aliphatic rings. The van der Waals surface area contributed by atoms with Gasteiger partial charge in [-0.05, 0) is 30.0 Å². The summed E-state index contributed by atoms with van der Waals surface area (Å²) in [6.45, 7) is 4.58. The van der Waals surface area contributed by atoms with Crippen LogP contribution in [0.15, 0.2) is 23.1 Å². The molecule has 1 aromatic carbocycles. The van der Waals surface area contributed by atoms with Crippen molar-refractivity contribution in [2.24, 2.45) is 5.41 Å². The molecule has 1 aromatic rings. The molecular formula is C14H19FN2O3S. The third-order valence-electron chi connectivity index (χ3n) is 3.09. The van der Waals surface area contributed by atoms with Crippen molar-refractivity contribution in [2.45, 2.75) is 25.2 Å². The van der Waals surface area contributed by atoms with Crippen LogP contribution in [0.3, 0.4) is 0 Å². The van der Waals surface area contributed by atoms with E-state index in [9.17, 15) is 12.8 Å². The van der Waals surface area contributed by atoms with Crippen molar-refractivity contribution in [1.29, 1.82) is 5.26 Å². The highest BCUT2D eigenvalue weighted by Crippen LogP contribution is 2.21. The summed E-state index contributed by atoms with van der Waals surface area (Å²) in [4.78, 5) is -0.122. The fraction of sp³-hybridized carbons (Fsp3) is 0.500. The van der Waals surface area contributed by atoms with E-state index in [0.29, 0.717) is 13.0 Å². The van der Waals surface area contributed by atoms with E-state index in [0.717, 1.165) is 18.2 Å². The number of hydrogen-bond acceptors (Lipinski definition) is 4. The van der Waals surface area contributed by atoms with Crippen molar-refractivity contribution in [1.82, 2.24) is 4.72 Å². The minimum Gasteiger partial charge on any atom is -0.385 e. The standard InChI is InChI=1S/C14H19FN2O3S/c1-14(2,6-7-20-3)10-17-21(18,19)12-4-5-13(15)11(8-12)9-16/h4-5,8,17H,6-7,10H2,1-3H3. The van der Waals surface area contributed by atoms with Crippen molar-refractivity contribution in [3.63, 3.8) is 0 Å². The van der Waals surface area contributed by atoms with Crippen LogP contribution in [0.4, 0.5) is 4.39 Å². The second kappa shape index (κ2) is 6.98. The molecule has 0 amide bonds. The van der Waals surface area contributed by atoms with Crippen LogP contribution < -0.4 is 4.72 Å². The topological polar surface area (TPSA) is 79.2 Å². The number of hydrogen-bond donors (Lipinski definition) is 1. The normalized spacial score (nSPS) is 12.1. The van der Waals surface area contributed by atoms with Crippen LogP contribution in [0.1, 0.15) is 25.8 Å². The summed E-state index contributed by atoms with van der Waals surface area (Å²) >= 11 is 0. The molecular weight excluding hydrogens is 295 g/mol. The van der Waals surface area contributed by atoms with E-state index >= 15 is 0 Å². The van der Waals surface area contributed by atoms with Crippen LogP contribution in [0, 0.1) is 22.6 Å². The lowest BCUT2D eigenvalue weighted by molar-refractivity contribution is 0.153. The Morgan fingerprint density at radius 3 is 2.67 bits per heavy atom. The van der Waals surface area contributed by atoms with E-state index in [1.54, 1.807) is 13.2 Å². The van der Waals surface area contributed by atoms with Crippen molar-refractivity contribution >= 4 is 10.0 Å². The zero-order valence-corrected chi connectivity index (χ0v) is 13.1. The molecule has 0 saturated heterocycles. The zero-order valence-electron chi connectivity index (χ0n) is 12.3. The number of nitrogens with one attached hydrogen (secondary N) is 1. The molecule has 0 aliphatic heterocycles. The smallest absolute Gasteiger partial charge is 0.240 e. The maximum Gasteiger partial charge on any atom is 0.240 e. The third-order valence-corrected chi connectivity index (χ3v) is 4.49. The lowest BCUT2D eigenvalue weighted by Gasteiger charge is -2.24. The molecule has 0 saturated carbocycles. The zero-order chi connectivity index (χ0) is 16.1. The minimum atomic E-state index is -3.78. The van der Waals surface area contributed by atoms with Gasteiger partial charge in [0.05, 0.1) is 10.5 Å². The van der Waals surface area contributed by atoms with Crippen LogP contribution in [0.5, 0.6) is 0 Å². The average molecular weight is 314 g/mol. The Labute approximate surface area is 124 Å². The summed E-state index contributed by atoms with van der Waals surface area (Å²) < 4.78 is 45.0. The first-order valence-electron chi connectivity index (χ1n) is 6.40. The number of sulfonamides is 1. The molecule has 116 valence electrons. The SMILES string of the molecule is COCCC(C)(C)CNS(=O)(=O)c1ccc(F)c(C#N)c1. The molecule has 21 heavy (non-hydrogen) atoms. The Balaban J connectivity index is 2.85. The fourth-order valence-corrected chi connectivity index (χ4v) is 2.87. The van der Waals surface area contributed by atoms with E-state index in [2.05, 4.69) is 4.72 Å². The Hall–Kier alpha value is -1.49. The monoisotopic (exact) mass is 314 g/mol. The minimum absolute atomic E-state index is 0.122. The lowest BCUT2D eigenvalue weighted by Crippen LogP contribution is -2.34. The summed E-state index contributed by atoms with van der Waals surface area (Å²) in [5.74, 6) is -0.739. The van der Waals surface area contributed by atoms with Crippen LogP contribution in [0.2, 0.25) is 0 Å². The lowest BCUT2D eigenvalue weighted by atomic mass is 9.90. The number of benzene rings is 1. The van der Waals surface area contributed by atoms with E-state index in [1.165, 1.54) is 0 Å². The maximum atomic E-state index is 13.2. The van der Waals surface area contributed by atoms with Gasteiger partial charge in [-0.25, -0.2) is 17.5 Å². The molecule has 0 spiro atoms. The van der Waals surface area contributed by atoms with E-state index in [4.69, 9.17) is 10.00 Å². The predicted octanol–water partition coefficient (Wildman–Crippen LogP) is 2.04. The van der Waals surface area contributed by atoms with Crippen molar-refractivity contribution in [3.05, 3.63) is 29.6 Å². The average Bonchev–Trinajstić information content (AvgIpc) is 2.44.